The van der Waals surface area contributed by atoms with E-state index in [2.05, 4.69) is 10.3 Å². The lowest BCUT2D eigenvalue weighted by atomic mass is 10.2. The van der Waals surface area contributed by atoms with Crippen molar-refractivity contribution in [2.75, 3.05) is 13.2 Å². The number of pyridine rings is 1. The van der Waals surface area contributed by atoms with Crippen molar-refractivity contribution < 1.29 is 17.9 Å². The third-order valence-corrected chi connectivity index (χ3v) is 7.42. The molecule has 0 spiro atoms. The molecule has 5 rings (SSSR count). The first kappa shape index (κ1) is 18.3. The van der Waals surface area contributed by atoms with Crippen LogP contribution in [0.5, 0.6) is 0 Å². The van der Waals surface area contributed by atoms with Gasteiger partial charge in [0.15, 0.2) is 0 Å². The van der Waals surface area contributed by atoms with Gasteiger partial charge < -0.3 is 14.5 Å². The minimum Gasteiger partial charge on any atom is -0.375 e. The van der Waals surface area contributed by atoms with Crippen molar-refractivity contribution in [2.45, 2.75) is 30.0 Å². The molecule has 0 saturated carbocycles. The molecule has 29 heavy (non-hydrogen) atoms. The third kappa shape index (κ3) is 3.31. The normalized spacial score (nSPS) is 21.7. The number of nitrogens with one attached hydrogen (secondary N) is 1. The molecule has 1 N–H and O–H groups in total. The van der Waals surface area contributed by atoms with E-state index in [1.54, 1.807) is 63.7 Å². The SMILES string of the molecule is O=C(NCc1ccc(S(=O)(=O)N2CC3CC2CO3)cc1)c1ccc2nccn2c1. The van der Waals surface area contributed by atoms with Crippen LogP contribution in [0.2, 0.25) is 0 Å². The highest BCUT2D eigenvalue weighted by molar-refractivity contribution is 7.89. The maximum absolute atomic E-state index is 12.9. The zero-order chi connectivity index (χ0) is 20.0. The molecule has 2 atom stereocenters. The number of hydrogen-bond acceptors (Lipinski definition) is 5. The van der Waals surface area contributed by atoms with Crippen LogP contribution in [0.25, 0.3) is 5.65 Å². The van der Waals surface area contributed by atoms with E-state index in [-0.39, 0.29) is 22.9 Å². The Labute approximate surface area is 168 Å². The first-order chi connectivity index (χ1) is 14.0. The summed E-state index contributed by atoms with van der Waals surface area (Å²) in [5.74, 6) is -0.203. The molecule has 2 fully saturated rings. The molecule has 2 aromatic heterocycles. The lowest BCUT2D eigenvalue weighted by Gasteiger charge is -2.26. The summed E-state index contributed by atoms with van der Waals surface area (Å²) >= 11 is 0. The number of benzene rings is 1. The van der Waals surface area contributed by atoms with Crippen LogP contribution >= 0.6 is 0 Å². The second-order valence-corrected chi connectivity index (χ2v) is 9.25. The first-order valence-electron chi connectivity index (χ1n) is 9.44. The molecule has 150 valence electrons. The van der Waals surface area contributed by atoms with Gasteiger partial charge in [0, 0.05) is 31.7 Å². The van der Waals surface area contributed by atoms with Crippen LogP contribution in [0.4, 0.5) is 0 Å². The van der Waals surface area contributed by atoms with Crippen molar-refractivity contribution in [2.24, 2.45) is 0 Å². The van der Waals surface area contributed by atoms with Crippen LogP contribution in [0.3, 0.4) is 0 Å². The molecule has 4 heterocycles. The molecule has 8 nitrogen and oxygen atoms in total. The molecule has 2 aliphatic heterocycles. The van der Waals surface area contributed by atoms with Crippen molar-refractivity contribution >= 4 is 21.6 Å². The van der Waals surface area contributed by atoms with E-state index >= 15 is 0 Å². The van der Waals surface area contributed by atoms with E-state index in [0.717, 1.165) is 17.6 Å². The second kappa shape index (κ2) is 6.94. The van der Waals surface area contributed by atoms with Gasteiger partial charge in [0.1, 0.15) is 5.65 Å². The average Bonchev–Trinajstić information content (AvgIpc) is 3.48. The maximum Gasteiger partial charge on any atom is 0.253 e. The number of carbonyl (C=O) groups is 1. The third-order valence-electron chi connectivity index (χ3n) is 5.48. The molecule has 2 aliphatic rings. The van der Waals surface area contributed by atoms with Crippen molar-refractivity contribution in [3.05, 3.63) is 66.1 Å². The van der Waals surface area contributed by atoms with Crippen LogP contribution < -0.4 is 5.32 Å². The molecular formula is C20H20N4O4S. The molecule has 1 amide bonds. The summed E-state index contributed by atoms with van der Waals surface area (Å²) in [6, 6.07) is 10.1. The number of nitrogens with zero attached hydrogens (tertiary/aromatic N) is 3. The highest BCUT2D eigenvalue weighted by Gasteiger charge is 2.45. The van der Waals surface area contributed by atoms with E-state index in [4.69, 9.17) is 4.74 Å². The number of ether oxygens (including phenoxy) is 1. The number of carbonyl (C=O) groups excluding carboxylic acids is 1. The minimum atomic E-state index is -3.52. The molecule has 2 saturated heterocycles. The predicted molar refractivity (Wildman–Crippen MR) is 105 cm³/mol. The maximum atomic E-state index is 12.9. The molecule has 3 aromatic rings. The van der Waals surface area contributed by atoms with Crippen molar-refractivity contribution in [1.29, 1.82) is 0 Å². The molecule has 9 heteroatoms. The zero-order valence-corrected chi connectivity index (χ0v) is 16.4. The Bertz CT molecular complexity index is 1170. The summed E-state index contributed by atoms with van der Waals surface area (Å²) in [6.07, 6.45) is 5.97. The van der Waals surface area contributed by atoms with Gasteiger partial charge in [-0.05, 0) is 36.2 Å². The van der Waals surface area contributed by atoms with E-state index in [1.807, 2.05) is 0 Å². The minimum absolute atomic E-state index is 0.0193. The Kier molecular flexibility index (Phi) is 4.38. The number of sulfonamides is 1. The number of fused-ring (bicyclic) bond motifs is 3. The van der Waals surface area contributed by atoms with Crippen molar-refractivity contribution in [3.8, 4) is 0 Å². The fraction of sp³-hybridized carbons (Fsp3) is 0.300. The molecule has 0 aliphatic carbocycles. The lowest BCUT2D eigenvalue weighted by molar-refractivity contribution is 0.0608. The Balaban J connectivity index is 1.25. The summed E-state index contributed by atoms with van der Waals surface area (Å²) in [5, 5.41) is 2.86. The molecule has 0 radical (unpaired) electrons. The van der Waals surface area contributed by atoms with E-state index in [1.165, 1.54) is 0 Å². The van der Waals surface area contributed by atoms with Gasteiger partial charge in [-0.2, -0.15) is 4.31 Å². The summed E-state index contributed by atoms with van der Waals surface area (Å²) in [6.45, 7) is 1.20. The topological polar surface area (TPSA) is 93.0 Å². The van der Waals surface area contributed by atoms with Gasteiger partial charge >= 0.3 is 0 Å². The smallest absolute Gasteiger partial charge is 0.253 e. The number of rotatable bonds is 5. The molecule has 2 bridgehead atoms. The number of morpholine rings is 1. The van der Waals surface area contributed by atoms with Crippen LogP contribution in [-0.2, 0) is 21.3 Å². The highest BCUT2D eigenvalue weighted by Crippen LogP contribution is 2.32. The Hall–Kier alpha value is -2.75. The summed E-state index contributed by atoms with van der Waals surface area (Å²) in [5.41, 5.74) is 2.13. The number of amides is 1. The summed E-state index contributed by atoms with van der Waals surface area (Å²) in [7, 11) is -3.52. The van der Waals surface area contributed by atoms with Crippen molar-refractivity contribution in [3.63, 3.8) is 0 Å². The standard InChI is InChI=1S/C20H20N4O4S/c25-20(15-3-6-19-21-7-8-23(19)11-15)22-10-14-1-4-18(5-2-14)29(26,27)24-12-17-9-16(24)13-28-17/h1-8,11,16-17H,9-10,12-13H2,(H,22,25). The monoisotopic (exact) mass is 412 g/mol. The van der Waals surface area contributed by atoms with E-state index < -0.39 is 10.0 Å². The highest BCUT2D eigenvalue weighted by atomic mass is 32.2. The molecular weight excluding hydrogens is 392 g/mol. The fourth-order valence-electron chi connectivity index (χ4n) is 3.91. The quantitative estimate of drug-likeness (QED) is 0.684. The first-order valence-corrected chi connectivity index (χ1v) is 10.9. The second-order valence-electron chi connectivity index (χ2n) is 7.36. The number of imidazole rings is 1. The lowest BCUT2D eigenvalue weighted by Crippen LogP contribution is -2.41. The summed E-state index contributed by atoms with van der Waals surface area (Å²) in [4.78, 5) is 16.8. The number of aromatic nitrogens is 2. The zero-order valence-electron chi connectivity index (χ0n) is 15.6. The average molecular weight is 412 g/mol. The molecule has 1 aromatic carbocycles. The van der Waals surface area contributed by atoms with E-state index in [9.17, 15) is 13.2 Å². The van der Waals surface area contributed by atoms with Crippen LogP contribution in [0, 0.1) is 0 Å². The largest absolute Gasteiger partial charge is 0.375 e. The predicted octanol–water partition coefficient (Wildman–Crippen LogP) is 1.43. The Morgan fingerprint density at radius 2 is 2.03 bits per heavy atom. The van der Waals surface area contributed by atoms with Crippen LogP contribution in [0.1, 0.15) is 22.3 Å². The van der Waals surface area contributed by atoms with Crippen LogP contribution in [-0.4, -0.2) is 53.3 Å². The fourth-order valence-corrected chi connectivity index (χ4v) is 5.56. The van der Waals surface area contributed by atoms with Gasteiger partial charge in [0.2, 0.25) is 10.0 Å². The van der Waals surface area contributed by atoms with Crippen molar-refractivity contribution in [1.82, 2.24) is 19.0 Å². The van der Waals surface area contributed by atoms with Gasteiger partial charge in [-0.15, -0.1) is 0 Å². The van der Waals surface area contributed by atoms with Crippen LogP contribution in [0.15, 0.2) is 59.9 Å². The Morgan fingerprint density at radius 3 is 2.76 bits per heavy atom. The van der Waals surface area contributed by atoms with Gasteiger partial charge in [-0.3, -0.25) is 4.79 Å². The molecule has 2 unspecified atom stereocenters. The van der Waals surface area contributed by atoms with Gasteiger partial charge in [0.25, 0.3) is 5.91 Å². The summed E-state index contributed by atoms with van der Waals surface area (Å²) < 4.78 is 34.5. The van der Waals surface area contributed by atoms with Gasteiger partial charge in [0.05, 0.1) is 29.2 Å². The van der Waals surface area contributed by atoms with Gasteiger partial charge in [-0.1, -0.05) is 12.1 Å². The van der Waals surface area contributed by atoms with Gasteiger partial charge in [-0.25, -0.2) is 13.4 Å². The Morgan fingerprint density at radius 1 is 1.21 bits per heavy atom. The van der Waals surface area contributed by atoms with E-state index in [0.29, 0.717) is 25.3 Å². The number of hydrogen-bond donors (Lipinski definition) is 1.